The van der Waals surface area contributed by atoms with Crippen LogP contribution in [0.5, 0.6) is 0 Å². The maximum Gasteiger partial charge on any atom is 0.274 e. The Morgan fingerprint density at radius 1 is 0.889 bits per heavy atom. The second kappa shape index (κ2) is 7.90. The average molecular weight is 366 g/mol. The van der Waals surface area contributed by atoms with E-state index in [9.17, 15) is 4.79 Å². The Kier molecular flexibility index (Phi) is 5.18. The third-order valence-corrected chi connectivity index (χ3v) is 5.52. The molecule has 142 valence electrons. The zero-order valence-electron chi connectivity index (χ0n) is 15.8. The molecule has 7 heteroatoms. The molecule has 2 aromatic heterocycles. The van der Waals surface area contributed by atoms with E-state index in [1.807, 2.05) is 41.4 Å². The minimum atomic E-state index is 0.000853. The number of rotatable bonds is 3. The quantitative estimate of drug-likeness (QED) is 0.829. The van der Waals surface area contributed by atoms with Gasteiger partial charge in [-0.25, -0.2) is 4.98 Å². The first kappa shape index (κ1) is 17.7. The summed E-state index contributed by atoms with van der Waals surface area (Å²) in [4.78, 5) is 23.4. The maximum absolute atomic E-state index is 12.6. The first-order chi connectivity index (χ1) is 13.2. The van der Waals surface area contributed by atoms with Crippen molar-refractivity contribution in [2.45, 2.75) is 19.8 Å². The van der Waals surface area contributed by atoms with E-state index in [2.05, 4.69) is 31.9 Å². The molecule has 4 rings (SSSR count). The highest BCUT2D eigenvalue weighted by molar-refractivity contribution is 5.92. The Bertz CT molecular complexity index is 750. The normalized spacial score (nSPS) is 18.6. The van der Waals surface area contributed by atoms with Crippen LogP contribution < -0.4 is 9.80 Å². The summed E-state index contributed by atoms with van der Waals surface area (Å²) >= 11 is 0. The fraction of sp³-hybridized carbons (Fsp3) is 0.500. The number of hydrogen-bond acceptors (Lipinski definition) is 6. The number of nitrogens with zero attached hydrogens (tertiary/aromatic N) is 6. The van der Waals surface area contributed by atoms with Crippen LogP contribution in [-0.4, -0.2) is 65.3 Å². The Labute approximate surface area is 160 Å². The average Bonchev–Trinajstić information content (AvgIpc) is 2.75. The van der Waals surface area contributed by atoms with Crippen LogP contribution in [0.25, 0.3) is 0 Å². The van der Waals surface area contributed by atoms with Crippen LogP contribution in [0.3, 0.4) is 0 Å². The molecule has 0 radical (unpaired) electrons. The van der Waals surface area contributed by atoms with Crippen molar-refractivity contribution in [2.75, 3.05) is 49.1 Å². The summed E-state index contributed by atoms with van der Waals surface area (Å²) in [6.45, 7) is 7.39. The number of likely N-dealkylation sites (tertiary alicyclic amines) is 1. The van der Waals surface area contributed by atoms with Crippen LogP contribution >= 0.6 is 0 Å². The van der Waals surface area contributed by atoms with E-state index < -0.39 is 0 Å². The molecule has 7 nitrogen and oxygen atoms in total. The molecule has 2 aliphatic heterocycles. The van der Waals surface area contributed by atoms with Crippen molar-refractivity contribution < 1.29 is 4.79 Å². The SMILES string of the molecule is CC1CCN(C(=O)c2ccc(N3CCN(c4ccccn4)CC3)nn2)CC1. The van der Waals surface area contributed by atoms with Gasteiger partial charge in [-0.2, -0.15) is 0 Å². The van der Waals surface area contributed by atoms with E-state index in [4.69, 9.17) is 0 Å². The maximum atomic E-state index is 12.6. The van der Waals surface area contributed by atoms with Crippen LogP contribution in [0.15, 0.2) is 36.5 Å². The van der Waals surface area contributed by atoms with Gasteiger partial charge in [-0.05, 0) is 43.0 Å². The molecule has 0 aliphatic carbocycles. The molecule has 2 saturated heterocycles. The molecule has 0 unspecified atom stereocenters. The van der Waals surface area contributed by atoms with Crippen molar-refractivity contribution in [2.24, 2.45) is 5.92 Å². The molecule has 2 aliphatic rings. The molecule has 0 saturated carbocycles. The smallest absolute Gasteiger partial charge is 0.274 e. The summed E-state index contributed by atoms with van der Waals surface area (Å²) in [7, 11) is 0. The molecule has 0 N–H and O–H groups in total. The zero-order chi connectivity index (χ0) is 18.6. The number of aromatic nitrogens is 3. The summed E-state index contributed by atoms with van der Waals surface area (Å²) < 4.78 is 0. The molecule has 0 spiro atoms. The second-order valence-electron chi connectivity index (χ2n) is 7.41. The Hall–Kier alpha value is -2.70. The van der Waals surface area contributed by atoms with Crippen molar-refractivity contribution in [3.8, 4) is 0 Å². The zero-order valence-corrected chi connectivity index (χ0v) is 15.8. The van der Waals surface area contributed by atoms with Gasteiger partial charge in [0, 0.05) is 45.5 Å². The van der Waals surface area contributed by atoms with Gasteiger partial charge in [0.05, 0.1) is 0 Å². The summed E-state index contributed by atoms with van der Waals surface area (Å²) in [5.41, 5.74) is 0.445. The van der Waals surface area contributed by atoms with Gasteiger partial charge in [-0.1, -0.05) is 13.0 Å². The number of hydrogen-bond donors (Lipinski definition) is 0. The largest absolute Gasteiger partial charge is 0.353 e. The molecule has 0 bridgehead atoms. The molecule has 2 fully saturated rings. The highest BCUT2D eigenvalue weighted by Crippen LogP contribution is 2.19. The van der Waals surface area contributed by atoms with Gasteiger partial charge in [0.2, 0.25) is 0 Å². The van der Waals surface area contributed by atoms with E-state index in [0.29, 0.717) is 11.6 Å². The first-order valence-electron chi connectivity index (χ1n) is 9.74. The standard InChI is InChI=1S/C20H26N6O/c1-16-7-10-26(11-8-16)20(27)17-5-6-19(23-22-17)25-14-12-24(13-15-25)18-4-2-3-9-21-18/h2-6,9,16H,7-8,10-15H2,1H3. The van der Waals surface area contributed by atoms with E-state index in [1.54, 1.807) is 0 Å². The van der Waals surface area contributed by atoms with Gasteiger partial charge in [-0.15, -0.1) is 10.2 Å². The Balaban J connectivity index is 1.35. The number of piperazine rings is 1. The van der Waals surface area contributed by atoms with Gasteiger partial charge < -0.3 is 14.7 Å². The lowest BCUT2D eigenvalue weighted by Gasteiger charge is -2.35. The van der Waals surface area contributed by atoms with E-state index in [-0.39, 0.29) is 5.91 Å². The van der Waals surface area contributed by atoms with Crippen molar-refractivity contribution in [1.82, 2.24) is 20.1 Å². The first-order valence-corrected chi connectivity index (χ1v) is 9.74. The number of amides is 1. The lowest BCUT2D eigenvalue weighted by atomic mass is 9.99. The summed E-state index contributed by atoms with van der Waals surface area (Å²) in [6.07, 6.45) is 3.96. The highest BCUT2D eigenvalue weighted by atomic mass is 16.2. The number of carbonyl (C=O) groups excluding carboxylic acids is 1. The Morgan fingerprint density at radius 3 is 2.19 bits per heavy atom. The van der Waals surface area contributed by atoms with Crippen molar-refractivity contribution in [1.29, 1.82) is 0 Å². The molecule has 0 atom stereocenters. The molecule has 1 amide bonds. The minimum Gasteiger partial charge on any atom is -0.353 e. The third-order valence-electron chi connectivity index (χ3n) is 5.52. The predicted molar refractivity (Wildman–Crippen MR) is 105 cm³/mol. The molecule has 2 aromatic rings. The summed E-state index contributed by atoms with van der Waals surface area (Å²) in [5, 5.41) is 8.54. The van der Waals surface area contributed by atoms with Gasteiger partial charge in [0.25, 0.3) is 5.91 Å². The van der Waals surface area contributed by atoms with Gasteiger partial charge in [-0.3, -0.25) is 4.79 Å². The van der Waals surface area contributed by atoms with E-state index in [1.165, 1.54) is 0 Å². The van der Waals surface area contributed by atoms with E-state index >= 15 is 0 Å². The fourth-order valence-corrected chi connectivity index (χ4v) is 3.69. The lowest BCUT2D eigenvalue weighted by Crippen LogP contribution is -2.47. The lowest BCUT2D eigenvalue weighted by molar-refractivity contribution is 0.0690. The highest BCUT2D eigenvalue weighted by Gasteiger charge is 2.24. The van der Waals surface area contributed by atoms with Gasteiger partial charge in [0.1, 0.15) is 5.82 Å². The van der Waals surface area contributed by atoms with Crippen molar-refractivity contribution in [3.05, 3.63) is 42.2 Å². The molecular formula is C20H26N6O. The molecule has 0 aromatic carbocycles. The van der Waals surface area contributed by atoms with Crippen molar-refractivity contribution >= 4 is 17.5 Å². The van der Waals surface area contributed by atoms with Gasteiger partial charge in [0.15, 0.2) is 11.5 Å². The number of piperidine rings is 1. The van der Waals surface area contributed by atoms with Gasteiger partial charge >= 0.3 is 0 Å². The van der Waals surface area contributed by atoms with Crippen LogP contribution in [0.2, 0.25) is 0 Å². The fourth-order valence-electron chi connectivity index (χ4n) is 3.69. The monoisotopic (exact) mass is 366 g/mol. The topological polar surface area (TPSA) is 65.5 Å². The second-order valence-corrected chi connectivity index (χ2v) is 7.41. The number of anilines is 2. The summed E-state index contributed by atoms with van der Waals surface area (Å²) in [6, 6.07) is 9.72. The number of pyridine rings is 1. The van der Waals surface area contributed by atoms with Crippen LogP contribution in [0.4, 0.5) is 11.6 Å². The molecule has 27 heavy (non-hydrogen) atoms. The molecule has 4 heterocycles. The minimum absolute atomic E-state index is 0.000853. The Morgan fingerprint density at radius 2 is 1.59 bits per heavy atom. The van der Waals surface area contributed by atoms with Crippen LogP contribution in [0, 0.1) is 5.92 Å². The summed E-state index contributed by atoms with van der Waals surface area (Å²) in [5.74, 6) is 2.55. The number of carbonyl (C=O) groups is 1. The predicted octanol–water partition coefficient (Wildman–Crippen LogP) is 2.07. The van der Waals surface area contributed by atoms with E-state index in [0.717, 1.165) is 63.7 Å². The van der Waals surface area contributed by atoms with Crippen molar-refractivity contribution in [3.63, 3.8) is 0 Å². The molecular weight excluding hydrogens is 340 g/mol. The van der Waals surface area contributed by atoms with Crippen LogP contribution in [-0.2, 0) is 0 Å². The third kappa shape index (κ3) is 4.02. The van der Waals surface area contributed by atoms with Crippen LogP contribution in [0.1, 0.15) is 30.3 Å².